The fraction of sp³-hybridized carbons (Fsp3) is 0.200. The third-order valence-electron chi connectivity index (χ3n) is 4.23. The number of aryl methyl sites for hydroxylation is 1. The molecule has 0 atom stereocenters. The maximum Gasteiger partial charge on any atom is 0.416 e. The number of rotatable bonds is 4. The van der Waals surface area contributed by atoms with E-state index in [0.29, 0.717) is 17.8 Å². The summed E-state index contributed by atoms with van der Waals surface area (Å²) in [6, 6.07) is 10.2. The highest BCUT2D eigenvalue weighted by Crippen LogP contribution is 2.30. The lowest BCUT2D eigenvalue weighted by Gasteiger charge is -2.19. The number of anilines is 1. The summed E-state index contributed by atoms with van der Waals surface area (Å²) >= 11 is 0. The normalized spacial score (nSPS) is 11.4. The highest BCUT2D eigenvalue weighted by Gasteiger charge is 2.30. The van der Waals surface area contributed by atoms with Crippen LogP contribution in [-0.4, -0.2) is 22.1 Å². The van der Waals surface area contributed by atoms with E-state index < -0.39 is 11.7 Å². The van der Waals surface area contributed by atoms with Gasteiger partial charge in [0.2, 0.25) is 0 Å². The van der Waals surface area contributed by atoms with Crippen molar-refractivity contribution in [3.63, 3.8) is 0 Å². The van der Waals surface area contributed by atoms with Crippen molar-refractivity contribution in [1.29, 1.82) is 0 Å². The Kier molecular flexibility index (Phi) is 5.03. The Labute approximate surface area is 154 Å². The molecule has 0 amide bonds. The molecule has 0 aliphatic rings. The van der Waals surface area contributed by atoms with Crippen LogP contribution in [0.1, 0.15) is 16.8 Å². The van der Waals surface area contributed by atoms with Crippen molar-refractivity contribution >= 4 is 5.69 Å². The lowest BCUT2D eigenvalue weighted by molar-refractivity contribution is -0.137. The van der Waals surface area contributed by atoms with Crippen molar-refractivity contribution in [3.8, 4) is 17.0 Å². The maximum atomic E-state index is 12.6. The first-order chi connectivity index (χ1) is 12.7. The smallest absolute Gasteiger partial charge is 0.416 e. The fourth-order valence-electron chi connectivity index (χ4n) is 2.63. The average Bonchev–Trinajstić information content (AvgIpc) is 2.64. The molecule has 0 fully saturated rings. The van der Waals surface area contributed by atoms with Crippen LogP contribution in [0.5, 0.6) is 5.75 Å². The topological polar surface area (TPSA) is 49.2 Å². The van der Waals surface area contributed by atoms with Crippen molar-refractivity contribution < 1.29 is 18.3 Å². The molecular formula is C20H18F3N3O. The Hall–Kier alpha value is -3.09. The monoisotopic (exact) mass is 373 g/mol. The molecule has 0 aliphatic carbocycles. The van der Waals surface area contributed by atoms with Gasteiger partial charge in [0.25, 0.3) is 0 Å². The highest BCUT2D eigenvalue weighted by molar-refractivity contribution is 5.58. The number of phenols is 1. The summed E-state index contributed by atoms with van der Waals surface area (Å²) < 4.78 is 37.9. The zero-order valence-electron chi connectivity index (χ0n) is 14.8. The van der Waals surface area contributed by atoms with Crippen LogP contribution in [0, 0.1) is 6.92 Å². The number of hydrogen-bond donors (Lipinski definition) is 1. The van der Waals surface area contributed by atoms with E-state index in [4.69, 9.17) is 0 Å². The molecule has 7 heteroatoms. The summed E-state index contributed by atoms with van der Waals surface area (Å²) in [6.07, 6.45) is -1.20. The molecule has 1 N–H and O–H groups in total. The van der Waals surface area contributed by atoms with Gasteiger partial charge in [-0.05, 0) is 42.8 Å². The van der Waals surface area contributed by atoms with Crippen LogP contribution >= 0.6 is 0 Å². The van der Waals surface area contributed by atoms with Crippen molar-refractivity contribution in [2.75, 3.05) is 11.9 Å². The molecule has 27 heavy (non-hydrogen) atoms. The molecule has 4 nitrogen and oxygen atoms in total. The van der Waals surface area contributed by atoms with Crippen molar-refractivity contribution in [3.05, 3.63) is 71.7 Å². The van der Waals surface area contributed by atoms with E-state index in [1.54, 1.807) is 18.5 Å². The number of aromatic nitrogens is 2. The van der Waals surface area contributed by atoms with Crippen LogP contribution in [0.2, 0.25) is 0 Å². The number of hydrogen-bond acceptors (Lipinski definition) is 4. The first-order valence-electron chi connectivity index (χ1n) is 8.23. The molecule has 0 saturated heterocycles. The molecule has 2 aromatic carbocycles. The zero-order chi connectivity index (χ0) is 19.6. The van der Waals surface area contributed by atoms with Gasteiger partial charge in [-0.1, -0.05) is 12.1 Å². The van der Waals surface area contributed by atoms with Gasteiger partial charge < -0.3 is 10.0 Å². The molecule has 3 rings (SSSR count). The van der Waals surface area contributed by atoms with Crippen LogP contribution in [0.15, 0.2) is 54.9 Å². The minimum Gasteiger partial charge on any atom is -0.508 e. The summed E-state index contributed by atoms with van der Waals surface area (Å²) in [5.41, 5.74) is 2.82. The van der Waals surface area contributed by atoms with Crippen LogP contribution < -0.4 is 4.90 Å². The van der Waals surface area contributed by atoms with Crippen molar-refractivity contribution in [2.24, 2.45) is 0 Å². The van der Waals surface area contributed by atoms with Gasteiger partial charge in [-0.2, -0.15) is 13.2 Å². The molecule has 1 heterocycles. The van der Waals surface area contributed by atoms with Gasteiger partial charge in [0.05, 0.1) is 35.9 Å². The molecule has 0 radical (unpaired) electrons. The number of phenolic OH excluding ortho intramolecular Hbond substituents is 1. The lowest BCUT2D eigenvalue weighted by Crippen LogP contribution is -2.17. The van der Waals surface area contributed by atoms with Crippen LogP contribution in [0.4, 0.5) is 18.9 Å². The predicted octanol–water partition coefficient (Wildman–Crippen LogP) is 4.81. The molecule has 140 valence electrons. The Morgan fingerprint density at radius 1 is 1.00 bits per heavy atom. The van der Waals surface area contributed by atoms with E-state index >= 15 is 0 Å². The lowest BCUT2D eigenvalue weighted by atomic mass is 10.1. The van der Waals surface area contributed by atoms with Crippen molar-refractivity contribution in [1.82, 2.24) is 9.97 Å². The van der Waals surface area contributed by atoms with Crippen LogP contribution in [-0.2, 0) is 12.7 Å². The molecule has 0 spiro atoms. The third kappa shape index (κ3) is 4.36. The summed E-state index contributed by atoms with van der Waals surface area (Å²) in [6.45, 7) is 2.33. The largest absolute Gasteiger partial charge is 0.508 e. The van der Waals surface area contributed by atoms with Gasteiger partial charge in [-0.15, -0.1) is 0 Å². The van der Waals surface area contributed by atoms with Gasteiger partial charge in [-0.25, -0.2) is 0 Å². The second-order valence-corrected chi connectivity index (χ2v) is 6.29. The second-order valence-electron chi connectivity index (χ2n) is 6.29. The predicted molar refractivity (Wildman–Crippen MR) is 97.4 cm³/mol. The Bertz CT molecular complexity index is 923. The highest BCUT2D eigenvalue weighted by atomic mass is 19.4. The Morgan fingerprint density at radius 2 is 1.70 bits per heavy atom. The summed E-state index contributed by atoms with van der Waals surface area (Å²) in [5.74, 6) is 0.243. The van der Waals surface area contributed by atoms with Crippen molar-refractivity contribution in [2.45, 2.75) is 19.6 Å². The van der Waals surface area contributed by atoms with Gasteiger partial charge >= 0.3 is 6.18 Å². The van der Waals surface area contributed by atoms with E-state index in [1.165, 1.54) is 12.1 Å². The standard InChI is InChI=1S/C20H18F3N3O/c1-13-9-17(7-8-19(13)27)26(2)12-16-10-25-18(11-24-16)14-3-5-15(6-4-14)20(21,22)23/h3-11,27H,12H2,1-2H3. The van der Waals surface area contributed by atoms with Gasteiger partial charge in [0.15, 0.2) is 0 Å². The molecule has 0 unspecified atom stereocenters. The number of benzene rings is 2. The number of aromatic hydroxyl groups is 1. The van der Waals surface area contributed by atoms with Gasteiger partial charge in [-0.3, -0.25) is 9.97 Å². The van der Waals surface area contributed by atoms with Crippen LogP contribution in [0.25, 0.3) is 11.3 Å². The van der Waals surface area contributed by atoms with Crippen LogP contribution in [0.3, 0.4) is 0 Å². The molecule has 0 saturated carbocycles. The van der Waals surface area contributed by atoms with Gasteiger partial charge in [0, 0.05) is 18.3 Å². The molecule has 1 aromatic heterocycles. The number of nitrogens with zero attached hydrogens (tertiary/aromatic N) is 3. The van der Waals surface area contributed by atoms with E-state index in [2.05, 4.69) is 9.97 Å². The summed E-state index contributed by atoms with van der Waals surface area (Å²) in [5, 5.41) is 9.61. The van der Waals surface area contributed by atoms with Gasteiger partial charge in [0.1, 0.15) is 5.75 Å². The average molecular weight is 373 g/mol. The first-order valence-corrected chi connectivity index (χ1v) is 8.23. The molecule has 0 bridgehead atoms. The van der Waals surface area contributed by atoms with E-state index in [0.717, 1.165) is 29.1 Å². The molecular weight excluding hydrogens is 355 g/mol. The maximum absolute atomic E-state index is 12.6. The van der Waals surface area contributed by atoms with E-state index in [-0.39, 0.29) is 5.75 Å². The summed E-state index contributed by atoms with van der Waals surface area (Å²) in [7, 11) is 1.90. The number of halogens is 3. The Balaban J connectivity index is 1.72. The third-order valence-corrected chi connectivity index (χ3v) is 4.23. The summed E-state index contributed by atoms with van der Waals surface area (Å²) in [4.78, 5) is 10.6. The zero-order valence-corrected chi connectivity index (χ0v) is 14.8. The molecule has 3 aromatic rings. The second kappa shape index (κ2) is 7.26. The Morgan fingerprint density at radius 3 is 2.26 bits per heavy atom. The SMILES string of the molecule is Cc1cc(N(C)Cc2cnc(-c3ccc(C(F)(F)F)cc3)cn2)ccc1O. The first kappa shape index (κ1) is 18.7. The number of alkyl halides is 3. The van der Waals surface area contributed by atoms with E-state index in [1.807, 2.05) is 31.0 Å². The quantitative estimate of drug-likeness (QED) is 0.713. The van der Waals surface area contributed by atoms with E-state index in [9.17, 15) is 18.3 Å². The minimum atomic E-state index is -4.36. The fourth-order valence-corrected chi connectivity index (χ4v) is 2.63. The minimum absolute atomic E-state index is 0.243. The molecule has 0 aliphatic heterocycles.